The molecule has 2 N–H and O–H groups in total. The summed E-state index contributed by atoms with van der Waals surface area (Å²) < 4.78 is 0.720. The van der Waals surface area contributed by atoms with Gasteiger partial charge in [-0.05, 0) is 12.1 Å². The molecule has 0 saturated carbocycles. The normalized spacial score (nSPS) is 10.6. The van der Waals surface area contributed by atoms with Gasteiger partial charge in [-0.15, -0.1) is 5.10 Å². The Labute approximate surface area is 83.1 Å². The van der Waals surface area contributed by atoms with E-state index in [0.29, 0.717) is 5.39 Å². The van der Waals surface area contributed by atoms with Crippen LogP contribution in [0.4, 0.5) is 4.79 Å². The third-order valence-electron chi connectivity index (χ3n) is 1.80. The van der Waals surface area contributed by atoms with Crippen LogP contribution in [-0.2, 0) is 0 Å². The van der Waals surface area contributed by atoms with E-state index >= 15 is 0 Å². The van der Waals surface area contributed by atoms with Gasteiger partial charge >= 0.3 is 6.09 Å². The molecule has 2 rings (SSSR count). The van der Waals surface area contributed by atoms with E-state index in [1.165, 1.54) is 18.2 Å². The van der Waals surface area contributed by atoms with Gasteiger partial charge in [0, 0.05) is 11.5 Å². The highest BCUT2D eigenvalue weighted by atomic mass is 35.5. The smallest absolute Gasteiger partial charge is 0.432 e. The second-order valence-electron chi connectivity index (χ2n) is 2.69. The van der Waals surface area contributed by atoms with E-state index in [2.05, 4.69) is 5.10 Å². The Kier molecular flexibility index (Phi) is 1.82. The molecule has 0 atom stereocenters. The molecule has 0 aliphatic rings. The summed E-state index contributed by atoms with van der Waals surface area (Å²) in [5.74, 6) is -0.0310. The largest absolute Gasteiger partial charge is 0.508 e. The van der Waals surface area contributed by atoms with Crippen LogP contribution in [0.3, 0.4) is 0 Å². The molecule has 2 aromatic rings. The van der Waals surface area contributed by atoms with Crippen LogP contribution in [0.15, 0.2) is 18.2 Å². The van der Waals surface area contributed by atoms with Crippen LogP contribution < -0.4 is 0 Å². The van der Waals surface area contributed by atoms with Gasteiger partial charge in [0.2, 0.25) is 0 Å². The van der Waals surface area contributed by atoms with Crippen molar-refractivity contribution in [2.75, 3.05) is 0 Å². The third-order valence-corrected chi connectivity index (χ3v) is 2.08. The van der Waals surface area contributed by atoms with Gasteiger partial charge in [-0.3, -0.25) is 0 Å². The molecular weight excluding hydrogens is 208 g/mol. The number of rotatable bonds is 0. The quantitative estimate of drug-likeness (QED) is 0.700. The highest BCUT2D eigenvalue weighted by Crippen LogP contribution is 2.25. The van der Waals surface area contributed by atoms with Gasteiger partial charge in [0.25, 0.3) is 0 Å². The van der Waals surface area contributed by atoms with Crippen molar-refractivity contribution >= 4 is 28.6 Å². The number of nitrogens with zero attached hydrogens (tertiary/aromatic N) is 2. The zero-order valence-electron chi connectivity index (χ0n) is 6.81. The number of halogens is 1. The minimum Gasteiger partial charge on any atom is -0.508 e. The van der Waals surface area contributed by atoms with Crippen LogP contribution in [0.5, 0.6) is 5.75 Å². The van der Waals surface area contributed by atoms with Gasteiger partial charge in [0.15, 0.2) is 5.15 Å². The standard InChI is InChI=1S/C8H5ClN2O3/c9-7-5-2-1-4(12)3-6(5)11(10-7)8(13)14/h1-3,12H,(H,13,14). The van der Waals surface area contributed by atoms with E-state index in [1.807, 2.05) is 0 Å². The van der Waals surface area contributed by atoms with Crippen molar-refractivity contribution in [1.29, 1.82) is 0 Å². The van der Waals surface area contributed by atoms with E-state index < -0.39 is 6.09 Å². The lowest BCUT2D eigenvalue weighted by atomic mass is 10.2. The molecule has 0 bridgehead atoms. The van der Waals surface area contributed by atoms with Crippen LogP contribution >= 0.6 is 11.6 Å². The van der Waals surface area contributed by atoms with E-state index in [0.717, 1.165) is 4.68 Å². The summed E-state index contributed by atoms with van der Waals surface area (Å²) in [7, 11) is 0. The molecule has 5 nitrogen and oxygen atoms in total. The first-order valence-corrected chi connectivity index (χ1v) is 4.08. The third kappa shape index (κ3) is 1.18. The number of aromatic nitrogens is 2. The number of phenolic OH excluding ortho intramolecular Hbond substituents is 1. The van der Waals surface area contributed by atoms with Crippen molar-refractivity contribution in [2.24, 2.45) is 0 Å². The lowest BCUT2D eigenvalue weighted by Gasteiger charge is -1.95. The molecule has 0 saturated heterocycles. The highest BCUT2D eigenvalue weighted by molar-refractivity contribution is 6.34. The lowest BCUT2D eigenvalue weighted by Crippen LogP contribution is -2.08. The van der Waals surface area contributed by atoms with Crippen LogP contribution in [0.2, 0.25) is 5.15 Å². The van der Waals surface area contributed by atoms with Crippen LogP contribution in [0, 0.1) is 0 Å². The predicted octanol–water partition coefficient (Wildman–Crippen LogP) is 1.92. The zero-order chi connectivity index (χ0) is 10.3. The number of carbonyl (C=O) groups is 1. The first kappa shape index (κ1) is 8.83. The minimum atomic E-state index is -1.24. The van der Waals surface area contributed by atoms with Crippen LogP contribution in [-0.4, -0.2) is 26.1 Å². The Balaban J connectivity index is 2.85. The van der Waals surface area contributed by atoms with Gasteiger partial charge in [0.05, 0.1) is 5.52 Å². The summed E-state index contributed by atoms with van der Waals surface area (Å²) in [5, 5.41) is 22.1. The Morgan fingerprint density at radius 2 is 2.21 bits per heavy atom. The Bertz CT molecular complexity index is 521. The number of hydrogen-bond donors (Lipinski definition) is 2. The summed E-state index contributed by atoms with van der Waals surface area (Å²) in [6.07, 6.45) is -1.24. The minimum absolute atomic E-state index is 0.0310. The molecule has 0 aliphatic carbocycles. The van der Waals surface area contributed by atoms with Gasteiger partial charge in [-0.25, -0.2) is 4.79 Å². The molecule has 0 spiro atoms. The summed E-state index contributed by atoms with van der Waals surface area (Å²) in [4.78, 5) is 10.7. The molecule has 0 unspecified atom stereocenters. The molecular formula is C8H5ClN2O3. The first-order chi connectivity index (χ1) is 6.59. The van der Waals surface area contributed by atoms with E-state index in [-0.39, 0.29) is 16.4 Å². The number of aromatic hydroxyl groups is 1. The van der Waals surface area contributed by atoms with Crippen molar-refractivity contribution in [3.63, 3.8) is 0 Å². The first-order valence-electron chi connectivity index (χ1n) is 3.70. The van der Waals surface area contributed by atoms with Gasteiger partial charge in [-0.2, -0.15) is 4.68 Å². The average Bonchev–Trinajstić information content (AvgIpc) is 2.43. The van der Waals surface area contributed by atoms with Crippen molar-refractivity contribution in [3.8, 4) is 5.75 Å². The molecule has 1 aromatic heterocycles. The summed E-state index contributed by atoms with van der Waals surface area (Å²) in [6.45, 7) is 0. The predicted molar refractivity (Wildman–Crippen MR) is 49.8 cm³/mol. The van der Waals surface area contributed by atoms with Crippen molar-refractivity contribution in [3.05, 3.63) is 23.4 Å². The second kappa shape index (κ2) is 2.88. The van der Waals surface area contributed by atoms with Gasteiger partial charge < -0.3 is 10.2 Å². The SMILES string of the molecule is O=C(O)n1nc(Cl)c2ccc(O)cc21. The highest BCUT2D eigenvalue weighted by Gasteiger charge is 2.13. The van der Waals surface area contributed by atoms with Crippen LogP contribution in [0.25, 0.3) is 10.9 Å². The summed E-state index contributed by atoms with van der Waals surface area (Å²) in [6, 6.07) is 4.23. The fourth-order valence-electron chi connectivity index (χ4n) is 1.21. The molecule has 14 heavy (non-hydrogen) atoms. The number of benzene rings is 1. The van der Waals surface area contributed by atoms with Crippen molar-refractivity contribution < 1.29 is 15.0 Å². The molecule has 0 fully saturated rings. The molecule has 72 valence electrons. The molecule has 0 radical (unpaired) electrons. The van der Waals surface area contributed by atoms with Crippen molar-refractivity contribution in [1.82, 2.24) is 9.78 Å². The van der Waals surface area contributed by atoms with E-state index in [9.17, 15) is 4.79 Å². The maximum Gasteiger partial charge on any atom is 0.432 e. The summed E-state index contributed by atoms with van der Waals surface area (Å²) >= 11 is 5.70. The van der Waals surface area contributed by atoms with Crippen molar-refractivity contribution in [2.45, 2.75) is 0 Å². The van der Waals surface area contributed by atoms with Gasteiger partial charge in [0.1, 0.15) is 5.75 Å². The maximum atomic E-state index is 10.7. The Hall–Kier alpha value is -1.75. The van der Waals surface area contributed by atoms with E-state index in [4.69, 9.17) is 21.8 Å². The van der Waals surface area contributed by atoms with Crippen LogP contribution in [0.1, 0.15) is 0 Å². The molecule has 0 amide bonds. The number of phenols is 1. The lowest BCUT2D eigenvalue weighted by molar-refractivity contribution is 0.194. The topological polar surface area (TPSA) is 75.3 Å². The zero-order valence-corrected chi connectivity index (χ0v) is 7.56. The summed E-state index contributed by atoms with van der Waals surface area (Å²) in [5.41, 5.74) is 0.266. The number of carboxylic acid groups (broad SMARTS) is 1. The monoisotopic (exact) mass is 212 g/mol. The second-order valence-corrected chi connectivity index (χ2v) is 3.04. The number of hydrogen-bond acceptors (Lipinski definition) is 3. The number of fused-ring (bicyclic) bond motifs is 1. The molecule has 0 aliphatic heterocycles. The maximum absolute atomic E-state index is 10.7. The van der Waals surface area contributed by atoms with Gasteiger partial charge in [-0.1, -0.05) is 11.6 Å². The molecule has 6 heteroatoms. The molecule has 1 heterocycles. The molecule has 1 aromatic carbocycles. The Morgan fingerprint density at radius 3 is 2.86 bits per heavy atom. The fourth-order valence-corrected chi connectivity index (χ4v) is 1.45. The van der Waals surface area contributed by atoms with E-state index in [1.54, 1.807) is 0 Å². The average molecular weight is 213 g/mol. The Morgan fingerprint density at radius 1 is 1.50 bits per heavy atom. The fraction of sp³-hybridized carbons (Fsp3) is 0.